The molecule has 5 nitrogen and oxygen atoms in total. The van der Waals surface area contributed by atoms with Crippen molar-refractivity contribution in [2.75, 3.05) is 19.6 Å². The number of furan rings is 1. The van der Waals surface area contributed by atoms with Gasteiger partial charge in [-0.05, 0) is 50.8 Å². The van der Waals surface area contributed by atoms with Crippen molar-refractivity contribution in [3.63, 3.8) is 0 Å². The molecule has 2 aromatic heterocycles. The van der Waals surface area contributed by atoms with Crippen LogP contribution < -0.4 is 10.6 Å². The van der Waals surface area contributed by atoms with Gasteiger partial charge in [0.25, 0.3) is 0 Å². The molecular weight excluding hydrogens is 437 g/mol. The average Bonchev–Trinajstić information content (AvgIpc) is 3.16. The summed E-state index contributed by atoms with van der Waals surface area (Å²) < 4.78 is 5.51. The number of rotatable bonds is 7. The Morgan fingerprint density at radius 1 is 1.33 bits per heavy atom. The summed E-state index contributed by atoms with van der Waals surface area (Å²) in [7, 11) is 0. The Morgan fingerprint density at radius 3 is 2.71 bits per heavy atom. The van der Waals surface area contributed by atoms with Gasteiger partial charge in [0, 0.05) is 18.0 Å². The Morgan fingerprint density at radius 2 is 2.12 bits per heavy atom. The van der Waals surface area contributed by atoms with Crippen molar-refractivity contribution in [1.82, 2.24) is 10.6 Å². The number of thiophene rings is 1. The van der Waals surface area contributed by atoms with Crippen molar-refractivity contribution in [3.8, 4) is 0 Å². The summed E-state index contributed by atoms with van der Waals surface area (Å²) in [6.45, 7) is 7.39. The van der Waals surface area contributed by atoms with Crippen molar-refractivity contribution in [2.24, 2.45) is 4.99 Å². The van der Waals surface area contributed by atoms with Gasteiger partial charge in [-0.1, -0.05) is 6.07 Å². The van der Waals surface area contributed by atoms with Crippen LogP contribution in [0.3, 0.4) is 0 Å². The smallest absolute Gasteiger partial charge is 0.191 e. The van der Waals surface area contributed by atoms with Gasteiger partial charge in [-0.2, -0.15) is 0 Å². The molecule has 2 aromatic rings. The fourth-order valence-electron chi connectivity index (χ4n) is 2.14. The molecule has 1 unspecified atom stereocenters. The maximum Gasteiger partial charge on any atom is 0.191 e. The summed E-state index contributed by atoms with van der Waals surface area (Å²) in [5.74, 6) is 2.02. The van der Waals surface area contributed by atoms with Crippen molar-refractivity contribution in [3.05, 3.63) is 46.0 Å². The molecule has 134 valence electrons. The Bertz CT molecular complexity index is 624. The molecule has 2 rings (SSSR count). The van der Waals surface area contributed by atoms with Gasteiger partial charge in [0.1, 0.15) is 17.1 Å². The molecule has 3 N–H and O–H groups in total. The molecule has 0 bridgehead atoms. The highest BCUT2D eigenvalue weighted by Crippen LogP contribution is 2.23. The lowest BCUT2D eigenvalue weighted by Gasteiger charge is -2.19. The molecule has 0 amide bonds. The maximum absolute atomic E-state index is 10.5. The minimum atomic E-state index is -1.12. The SMILES string of the molecule is CCNC(=NCC(C)(O)c1ccc(C)o1)NCCc1cccs1.I. The zero-order chi connectivity index (χ0) is 16.7. The summed E-state index contributed by atoms with van der Waals surface area (Å²) in [5.41, 5.74) is -1.12. The Labute approximate surface area is 164 Å². The lowest BCUT2D eigenvalue weighted by Crippen LogP contribution is -2.39. The van der Waals surface area contributed by atoms with E-state index in [4.69, 9.17) is 4.42 Å². The molecular formula is C17H26IN3O2S. The van der Waals surface area contributed by atoms with Crippen LogP contribution in [0.4, 0.5) is 0 Å². The molecule has 2 heterocycles. The summed E-state index contributed by atoms with van der Waals surface area (Å²) in [6, 6.07) is 7.82. The number of nitrogens with zero attached hydrogens (tertiary/aromatic N) is 1. The largest absolute Gasteiger partial charge is 0.463 e. The highest BCUT2D eigenvalue weighted by Gasteiger charge is 2.26. The fraction of sp³-hybridized carbons (Fsp3) is 0.471. The zero-order valence-electron chi connectivity index (χ0n) is 14.3. The molecule has 0 aromatic carbocycles. The summed E-state index contributed by atoms with van der Waals surface area (Å²) in [6.07, 6.45) is 0.954. The number of aryl methyl sites for hydroxylation is 1. The van der Waals surface area contributed by atoms with Gasteiger partial charge in [0.2, 0.25) is 0 Å². The van der Waals surface area contributed by atoms with Crippen molar-refractivity contribution < 1.29 is 9.52 Å². The number of hydrogen-bond acceptors (Lipinski definition) is 4. The van der Waals surface area contributed by atoms with Crippen LogP contribution in [0.2, 0.25) is 0 Å². The van der Waals surface area contributed by atoms with Crippen LogP contribution in [0.15, 0.2) is 39.1 Å². The first-order chi connectivity index (χ1) is 11.0. The highest BCUT2D eigenvalue weighted by molar-refractivity contribution is 14.0. The van der Waals surface area contributed by atoms with Crippen LogP contribution in [-0.2, 0) is 12.0 Å². The van der Waals surface area contributed by atoms with E-state index in [1.165, 1.54) is 4.88 Å². The van der Waals surface area contributed by atoms with E-state index in [2.05, 4.69) is 33.1 Å². The molecule has 0 spiro atoms. The lowest BCUT2D eigenvalue weighted by molar-refractivity contribution is 0.0428. The van der Waals surface area contributed by atoms with Gasteiger partial charge in [-0.15, -0.1) is 35.3 Å². The molecule has 0 fully saturated rings. The Kier molecular flexibility index (Phi) is 8.79. The lowest BCUT2D eigenvalue weighted by atomic mass is 10.0. The van der Waals surface area contributed by atoms with Crippen LogP contribution >= 0.6 is 35.3 Å². The first kappa shape index (κ1) is 21.0. The Hall–Kier alpha value is -1.06. The van der Waals surface area contributed by atoms with E-state index < -0.39 is 5.60 Å². The highest BCUT2D eigenvalue weighted by atomic mass is 127. The number of aliphatic imine (C=N–C) groups is 1. The average molecular weight is 463 g/mol. The fourth-order valence-corrected chi connectivity index (χ4v) is 2.84. The second kappa shape index (κ2) is 10.0. The van der Waals surface area contributed by atoms with E-state index in [0.29, 0.717) is 11.7 Å². The van der Waals surface area contributed by atoms with Crippen LogP contribution in [0.1, 0.15) is 30.2 Å². The number of nitrogens with one attached hydrogen (secondary N) is 2. The summed E-state index contributed by atoms with van der Waals surface area (Å²) >= 11 is 1.75. The van der Waals surface area contributed by atoms with Gasteiger partial charge in [-0.3, -0.25) is 0 Å². The van der Waals surface area contributed by atoms with Gasteiger partial charge < -0.3 is 20.2 Å². The van der Waals surface area contributed by atoms with E-state index in [1.54, 1.807) is 24.3 Å². The van der Waals surface area contributed by atoms with Crippen LogP contribution in [-0.4, -0.2) is 30.7 Å². The third-order valence-electron chi connectivity index (χ3n) is 3.40. The molecule has 24 heavy (non-hydrogen) atoms. The molecule has 0 aliphatic carbocycles. The van der Waals surface area contributed by atoms with E-state index in [1.807, 2.05) is 19.9 Å². The monoisotopic (exact) mass is 463 g/mol. The molecule has 0 aliphatic rings. The van der Waals surface area contributed by atoms with Gasteiger partial charge >= 0.3 is 0 Å². The third kappa shape index (κ3) is 6.45. The molecule has 0 radical (unpaired) electrons. The number of guanidine groups is 1. The van der Waals surface area contributed by atoms with Gasteiger partial charge in [-0.25, -0.2) is 4.99 Å². The zero-order valence-corrected chi connectivity index (χ0v) is 17.5. The van der Waals surface area contributed by atoms with E-state index in [-0.39, 0.29) is 30.5 Å². The van der Waals surface area contributed by atoms with Crippen molar-refractivity contribution in [2.45, 2.75) is 32.8 Å². The number of hydrogen-bond donors (Lipinski definition) is 3. The molecule has 0 saturated carbocycles. The predicted molar refractivity (Wildman–Crippen MR) is 110 cm³/mol. The van der Waals surface area contributed by atoms with Crippen molar-refractivity contribution in [1.29, 1.82) is 0 Å². The first-order valence-electron chi connectivity index (χ1n) is 7.85. The van der Waals surface area contributed by atoms with Crippen molar-refractivity contribution >= 4 is 41.3 Å². The van der Waals surface area contributed by atoms with Crippen LogP contribution in [0.5, 0.6) is 0 Å². The standard InChI is InChI=1S/C17H25N3O2S.HI/c1-4-18-16(19-10-9-14-6-5-11-23-14)20-12-17(3,21)15-8-7-13(2)22-15;/h5-8,11,21H,4,9-10,12H2,1-3H3,(H2,18,19,20);1H. The second-order valence-corrected chi connectivity index (χ2v) is 6.67. The maximum atomic E-state index is 10.5. The quantitative estimate of drug-likeness (QED) is 0.335. The number of aliphatic hydroxyl groups is 1. The van der Waals surface area contributed by atoms with E-state index in [0.717, 1.165) is 25.3 Å². The van der Waals surface area contributed by atoms with E-state index in [9.17, 15) is 5.11 Å². The van der Waals surface area contributed by atoms with E-state index >= 15 is 0 Å². The van der Waals surface area contributed by atoms with Gasteiger partial charge in [0.15, 0.2) is 5.96 Å². The third-order valence-corrected chi connectivity index (χ3v) is 4.34. The second-order valence-electron chi connectivity index (χ2n) is 5.64. The molecule has 7 heteroatoms. The van der Waals surface area contributed by atoms with Gasteiger partial charge in [0.05, 0.1) is 6.54 Å². The minimum absolute atomic E-state index is 0. The minimum Gasteiger partial charge on any atom is -0.463 e. The molecule has 0 aliphatic heterocycles. The normalized spacial score (nSPS) is 13.9. The molecule has 1 atom stereocenters. The number of halogens is 1. The first-order valence-corrected chi connectivity index (χ1v) is 8.73. The van der Waals surface area contributed by atoms with Crippen LogP contribution in [0, 0.1) is 6.92 Å². The summed E-state index contributed by atoms with van der Waals surface area (Å²) in [5, 5.41) is 19.1. The predicted octanol–water partition coefficient (Wildman–Crippen LogP) is 3.27. The Balaban J connectivity index is 0.00000288. The summed E-state index contributed by atoms with van der Waals surface area (Å²) in [4.78, 5) is 5.82. The molecule has 0 saturated heterocycles. The van der Waals surface area contributed by atoms with Crippen LogP contribution in [0.25, 0.3) is 0 Å². The topological polar surface area (TPSA) is 69.8 Å².